The molecule has 1 atom stereocenters. The largest absolute Gasteiger partial charge is 0.395 e. The standard InChI is InChI=1S/C14H17NO3/c1-10(17)7-8-14(9-16)11-5-3-4-6-12(11)15(2)13(14)18/h3-6,16H,7-9H2,1-2H3. The lowest BCUT2D eigenvalue weighted by Crippen LogP contribution is -2.42. The Hall–Kier alpha value is -1.68. The summed E-state index contributed by atoms with van der Waals surface area (Å²) in [4.78, 5) is 25.1. The Bertz CT molecular complexity index is 498. The quantitative estimate of drug-likeness (QED) is 0.871. The molecule has 0 saturated carbocycles. The molecule has 1 aromatic rings. The second-order valence-electron chi connectivity index (χ2n) is 4.82. The van der Waals surface area contributed by atoms with Crippen LogP contribution in [0.2, 0.25) is 0 Å². The number of nitrogens with zero attached hydrogens (tertiary/aromatic N) is 1. The molecule has 2 rings (SSSR count). The summed E-state index contributed by atoms with van der Waals surface area (Å²) in [7, 11) is 1.70. The normalized spacial score (nSPS) is 22.2. The number of aliphatic hydroxyl groups is 1. The van der Waals surface area contributed by atoms with E-state index in [-0.39, 0.29) is 18.3 Å². The van der Waals surface area contributed by atoms with Gasteiger partial charge in [0.25, 0.3) is 0 Å². The van der Waals surface area contributed by atoms with Crippen LogP contribution in [0.15, 0.2) is 24.3 Å². The fraction of sp³-hybridized carbons (Fsp3) is 0.429. The number of anilines is 1. The first-order chi connectivity index (χ1) is 8.53. The summed E-state index contributed by atoms with van der Waals surface area (Å²) in [5.41, 5.74) is 0.693. The van der Waals surface area contributed by atoms with Crippen LogP contribution in [0.1, 0.15) is 25.3 Å². The molecule has 0 saturated heterocycles. The Morgan fingerprint density at radius 1 is 1.39 bits per heavy atom. The summed E-state index contributed by atoms with van der Waals surface area (Å²) < 4.78 is 0. The zero-order valence-electron chi connectivity index (χ0n) is 10.6. The van der Waals surface area contributed by atoms with Gasteiger partial charge in [-0.25, -0.2) is 0 Å². The molecule has 1 aliphatic heterocycles. The number of amides is 1. The van der Waals surface area contributed by atoms with Crippen molar-refractivity contribution in [3.63, 3.8) is 0 Å². The Balaban J connectivity index is 2.47. The van der Waals surface area contributed by atoms with E-state index in [1.807, 2.05) is 24.3 Å². The van der Waals surface area contributed by atoms with Crippen molar-refractivity contribution in [1.29, 1.82) is 0 Å². The van der Waals surface area contributed by atoms with Crippen LogP contribution in [0.3, 0.4) is 0 Å². The topological polar surface area (TPSA) is 57.6 Å². The van der Waals surface area contributed by atoms with E-state index in [4.69, 9.17) is 0 Å². The second kappa shape index (κ2) is 4.53. The number of hydrogen-bond donors (Lipinski definition) is 1. The lowest BCUT2D eigenvalue weighted by molar-refractivity contribution is -0.125. The van der Waals surface area contributed by atoms with Gasteiger partial charge >= 0.3 is 0 Å². The summed E-state index contributed by atoms with van der Waals surface area (Å²) in [5.74, 6) is -0.102. The molecule has 96 valence electrons. The molecule has 0 aliphatic carbocycles. The van der Waals surface area contributed by atoms with E-state index in [1.165, 1.54) is 6.92 Å². The van der Waals surface area contributed by atoms with Crippen molar-refractivity contribution < 1.29 is 14.7 Å². The minimum absolute atomic E-state index is 0.0302. The highest BCUT2D eigenvalue weighted by Gasteiger charge is 2.48. The predicted molar refractivity (Wildman–Crippen MR) is 68.5 cm³/mol. The van der Waals surface area contributed by atoms with Gasteiger partial charge in [0.2, 0.25) is 5.91 Å². The number of aliphatic hydroxyl groups excluding tert-OH is 1. The Morgan fingerprint density at radius 2 is 2.06 bits per heavy atom. The lowest BCUT2D eigenvalue weighted by Gasteiger charge is -2.25. The molecule has 1 N–H and O–H groups in total. The summed E-state index contributed by atoms with van der Waals surface area (Å²) in [5, 5.41) is 9.71. The molecule has 0 radical (unpaired) electrons. The van der Waals surface area contributed by atoms with Gasteiger partial charge in [0.15, 0.2) is 0 Å². The van der Waals surface area contributed by atoms with Gasteiger partial charge in [-0.2, -0.15) is 0 Å². The van der Waals surface area contributed by atoms with Gasteiger partial charge < -0.3 is 14.8 Å². The number of carbonyl (C=O) groups is 2. The highest BCUT2D eigenvalue weighted by Crippen LogP contribution is 2.43. The maximum absolute atomic E-state index is 12.4. The van der Waals surface area contributed by atoms with E-state index < -0.39 is 5.41 Å². The van der Waals surface area contributed by atoms with Gasteiger partial charge in [0.05, 0.1) is 12.0 Å². The number of Topliss-reactive ketones (excluding diaryl/α,β-unsaturated/α-hetero) is 1. The molecule has 18 heavy (non-hydrogen) atoms. The molecule has 1 unspecified atom stereocenters. The van der Waals surface area contributed by atoms with E-state index in [0.717, 1.165) is 11.3 Å². The molecule has 4 nitrogen and oxygen atoms in total. The Morgan fingerprint density at radius 3 is 2.67 bits per heavy atom. The molecule has 0 spiro atoms. The number of rotatable bonds is 4. The van der Waals surface area contributed by atoms with Gasteiger partial charge in [0, 0.05) is 19.2 Å². The summed E-state index contributed by atoms with van der Waals surface area (Å²) in [6.45, 7) is 1.24. The van der Waals surface area contributed by atoms with Gasteiger partial charge in [-0.1, -0.05) is 18.2 Å². The number of likely N-dealkylation sites (N-methyl/N-ethyl adjacent to an activating group) is 1. The van der Waals surface area contributed by atoms with Crippen molar-refractivity contribution in [1.82, 2.24) is 0 Å². The number of fused-ring (bicyclic) bond motifs is 1. The third-order valence-electron chi connectivity index (χ3n) is 3.67. The van der Waals surface area contributed by atoms with Crippen molar-refractivity contribution in [2.45, 2.75) is 25.2 Å². The Kier molecular flexibility index (Phi) is 3.22. The zero-order valence-corrected chi connectivity index (χ0v) is 10.6. The average Bonchev–Trinajstić information content (AvgIpc) is 2.59. The maximum atomic E-state index is 12.4. The molecular weight excluding hydrogens is 230 g/mol. The third kappa shape index (κ3) is 1.73. The molecular formula is C14H17NO3. The van der Waals surface area contributed by atoms with E-state index in [9.17, 15) is 14.7 Å². The van der Waals surface area contributed by atoms with Crippen LogP contribution in [0.25, 0.3) is 0 Å². The lowest BCUT2D eigenvalue weighted by atomic mass is 9.78. The van der Waals surface area contributed by atoms with E-state index in [1.54, 1.807) is 11.9 Å². The highest BCUT2D eigenvalue weighted by molar-refractivity contribution is 6.08. The molecule has 1 aromatic carbocycles. The van der Waals surface area contributed by atoms with Gasteiger partial charge in [-0.05, 0) is 25.0 Å². The van der Waals surface area contributed by atoms with E-state index >= 15 is 0 Å². The van der Waals surface area contributed by atoms with Crippen LogP contribution in [-0.2, 0) is 15.0 Å². The van der Waals surface area contributed by atoms with Gasteiger partial charge in [-0.3, -0.25) is 4.79 Å². The van der Waals surface area contributed by atoms with Crippen molar-refractivity contribution in [3.8, 4) is 0 Å². The molecule has 1 aliphatic rings. The van der Waals surface area contributed by atoms with Crippen LogP contribution < -0.4 is 4.90 Å². The first-order valence-corrected chi connectivity index (χ1v) is 6.01. The molecule has 0 aromatic heterocycles. The number of carbonyl (C=O) groups excluding carboxylic acids is 2. The molecule has 1 heterocycles. The predicted octanol–water partition coefficient (Wildman–Crippen LogP) is 1.26. The summed E-state index contributed by atoms with van der Waals surface area (Å²) in [6.07, 6.45) is 0.660. The average molecular weight is 247 g/mol. The van der Waals surface area contributed by atoms with Crippen LogP contribution in [0, 0.1) is 0 Å². The number of hydrogen-bond acceptors (Lipinski definition) is 3. The number of benzene rings is 1. The van der Waals surface area contributed by atoms with Crippen molar-refractivity contribution in [3.05, 3.63) is 29.8 Å². The molecule has 0 fully saturated rings. The SMILES string of the molecule is CC(=O)CCC1(CO)C(=O)N(C)c2ccccc21. The first-order valence-electron chi connectivity index (χ1n) is 6.01. The highest BCUT2D eigenvalue weighted by atomic mass is 16.3. The van der Waals surface area contributed by atoms with Crippen LogP contribution in [0.5, 0.6) is 0 Å². The summed E-state index contributed by atoms with van der Waals surface area (Å²) >= 11 is 0. The maximum Gasteiger partial charge on any atom is 0.239 e. The van der Waals surface area contributed by atoms with E-state index in [2.05, 4.69) is 0 Å². The van der Waals surface area contributed by atoms with Crippen LogP contribution >= 0.6 is 0 Å². The zero-order chi connectivity index (χ0) is 13.3. The number of ketones is 1. The smallest absolute Gasteiger partial charge is 0.239 e. The molecule has 1 amide bonds. The minimum atomic E-state index is -0.947. The van der Waals surface area contributed by atoms with Crippen molar-refractivity contribution >= 4 is 17.4 Å². The van der Waals surface area contributed by atoms with Gasteiger partial charge in [0.1, 0.15) is 5.78 Å². The second-order valence-corrected chi connectivity index (χ2v) is 4.82. The van der Waals surface area contributed by atoms with E-state index in [0.29, 0.717) is 12.8 Å². The van der Waals surface area contributed by atoms with Gasteiger partial charge in [-0.15, -0.1) is 0 Å². The fourth-order valence-electron chi connectivity index (χ4n) is 2.58. The van der Waals surface area contributed by atoms with Crippen molar-refractivity contribution in [2.24, 2.45) is 0 Å². The first kappa shape index (κ1) is 12.8. The molecule has 0 bridgehead atoms. The number of para-hydroxylation sites is 1. The minimum Gasteiger partial charge on any atom is -0.395 e. The van der Waals surface area contributed by atoms with Crippen LogP contribution in [-0.4, -0.2) is 30.5 Å². The third-order valence-corrected chi connectivity index (χ3v) is 3.67. The van der Waals surface area contributed by atoms with Crippen LogP contribution in [0.4, 0.5) is 5.69 Å². The van der Waals surface area contributed by atoms with Crippen molar-refractivity contribution in [2.75, 3.05) is 18.6 Å². The monoisotopic (exact) mass is 247 g/mol. The fourth-order valence-corrected chi connectivity index (χ4v) is 2.58. The summed E-state index contributed by atoms with van der Waals surface area (Å²) in [6, 6.07) is 7.43. The Labute approximate surface area is 106 Å². The molecule has 4 heteroatoms.